The molecule has 0 saturated carbocycles. The lowest BCUT2D eigenvalue weighted by molar-refractivity contribution is 0.411. The summed E-state index contributed by atoms with van der Waals surface area (Å²) in [7, 11) is -3.34. The van der Waals surface area contributed by atoms with E-state index < -0.39 is 9.84 Å². The summed E-state index contributed by atoms with van der Waals surface area (Å²) in [6.07, 6.45) is 2.33. The first-order valence-electron chi connectivity index (χ1n) is 5.06. The Balaban J connectivity index is 2.24. The van der Waals surface area contributed by atoms with Gasteiger partial charge in [0.15, 0.2) is 15.7 Å². The van der Waals surface area contributed by atoms with Crippen molar-refractivity contribution in [3.8, 4) is 0 Å². The SMILES string of the molecule is CS(=O)(=O)c1cccc(NCc2ncon2)c1N. The molecule has 0 fully saturated rings. The van der Waals surface area contributed by atoms with Gasteiger partial charge < -0.3 is 15.6 Å². The van der Waals surface area contributed by atoms with Crippen LogP contribution in [0.1, 0.15) is 5.82 Å². The third-order valence-corrected chi connectivity index (χ3v) is 3.46. The van der Waals surface area contributed by atoms with Crippen molar-refractivity contribution in [3.05, 3.63) is 30.4 Å². The van der Waals surface area contributed by atoms with E-state index >= 15 is 0 Å². The topological polar surface area (TPSA) is 111 Å². The maximum atomic E-state index is 11.5. The number of nitrogens with zero attached hydrogens (tertiary/aromatic N) is 2. The van der Waals surface area contributed by atoms with E-state index in [1.54, 1.807) is 12.1 Å². The molecule has 0 amide bonds. The number of hydrogen-bond acceptors (Lipinski definition) is 7. The highest BCUT2D eigenvalue weighted by Gasteiger charge is 2.14. The van der Waals surface area contributed by atoms with Gasteiger partial charge in [0.05, 0.1) is 22.8 Å². The van der Waals surface area contributed by atoms with Crippen molar-refractivity contribution in [1.82, 2.24) is 10.1 Å². The first kappa shape index (κ1) is 12.4. The van der Waals surface area contributed by atoms with E-state index in [9.17, 15) is 8.42 Å². The standard InChI is InChI=1S/C10H12N4O3S/c1-18(15,16)8-4-2-3-7(10(8)11)12-5-9-13-6-17-14-9/h2-4,6,12H,5,11H2,1H3. The fourth-order valence-corrected chi connectivity index (χ4v) is 2.30. The van der Waals surface area contributed by atoms with Crippen molar-refractivity contribution < 1.29 is 12.9 Å². The predicted molar refractivity (Wildman–Crippen MR) is 65.6 cm³/mol. The van der Waals surface area contributed by atoms with Crippen molar-refractivity contribution in [2.45, 2.75) is 11.4 Å². The number of hydrogen-bond donors (Lipinski definition) is 2. The van der Waals surface area contributed by atoms with E-state index in [0.29, 0.717) is 18.1 Å². The second kappa shape index (κ2) is 4.65. The van der Waals surface area contributed by atoms with Crippen molar-refractivity contribution in [3.63, 3.8) is 0 Å². The Morgan fingerprint density at radius 3 is 2.83 bits per heavy atom. The average molecular weight is 268 g/mol. The Labute approximate surface area is 104 Å². The zero-order valence-corrected chi connectivity index (χ0v) is 10.4. The van der Waals surface area contributed by atoms with Crippen LogP contribution in [0.4, 0.5) is 11.4 Å². The molecule has 1 aromatic carbocycles. The third kappa shape index (κ3) is 2.59. The fourth-order valence-electron chi connectivity index (χ4n) is 1.47. The normalized spacial score (nSPS) is 11.4. The molecule has 0 aliphatic rings. The number of anilines is 2. The fraction of sp³-hybridized carbons (Fsp3) is 0.200. The molecule has 1 heterocycles. The molecule has 0 aliphatic carbocycles. The minimum Gasteiger partial charge on any atom is -0.396 e. The molecule has 0 saturated heterocycles. The van der Waals surface area contributed by atoms with Gasteiger partial charge in [-0.3, -0.25) is 0 Å². The zero-order valence-electron chi connectivity index (χ0n) is 9.62. The minimum atomic E-state index is -3.34. The molecule has 0 unspecified atom stereocenters. The zero-order chi connectivity index (χ0) is 13.2. The molecule has 8 heteroatoms. The highest BCUT2D eigenvalue weighted by Crippen LogP contribution is 2.26. The van der Waals surface area contributed by atoms with Gasteiger partial charge in [0.25, 0.3) is 0 Å². The Morgan fingerprint density at radius 1 is 1.44 bits per heavy atom. The summed E-state index contributed by atoms with van der Waals surface area (Å²) in [5, 5.41) is 6.58. The van der Waals surface area contributed by atoms with Crippen LogP contribution in [-0.4, -0.2) is 24.8 Å². The lowest BCUT2D eigenvalue weighted by Gasteiger charge is -2.10. The van der Waals surface area contributed by atoms with Crippen molar-refractivity contribution >= 4 is 21.2 Å². The van der Waals surface area contributed by atoms with Gasteiger partial charge in [-0.1, -0.05) is 11.2 Å². The maximum absolute atomic E-state index is 11.5. The van der Waals surface area contributed by atoms with Gasteiger partial charge in [0.1, 0.15) is 0 Å². The summed E-state index contributed by atoms with van der Waals surface area (Å²) in [6, 6.07) is 4.76. The molecule has 0 radical (unpaired) electrons. The van der Waals surface area contributed by atoms with Gasteiger partial charge in [0, 0.05) is 6.26 Å². The molecular formula is C10H12N4O3S. The van der Waals surface area contributed by atoms with Crippen LogP contribution >= 0.6 is 0 Å². The van der Waals surface area contributed by atoms with Gasteiger partial charge in [-0.05, 0) is 12.1 Å². The smallest absolute Gasteiger partial charge is 0.213 e. The third-order valence-electron chi connectivity index (χ3n) is 2.31. The van der Waals surface area contributed by atoms with Gasteiger partial charge in [0.2, 0.25) is 6.39 Å². The monoisotopic (exact) mass is 268 g/mol. The van der Waals surface area contributed by atoms with Crippen molar-refractivity contribution in [2.75, 3.05) is 17.3 Å². The molecule has 2 aromatic rings. The molecule has 0 spiro atoms. The Hall–Kier alpha value is -2.09. The minimum absolute atomic E-state index is 0.0978. The summed E-state index contributed by atoms with van der Waals surface area (Å²) < 4.78 is 27.6. The van der Waals surface area contributed by atoms with E-state index in [-0.39, 0.29) is 10.6 Å². The number of benzene rings is 1. The molecule has 0 atom stereocenters. The molecule has 96 valence electrons. The van der Waals surface area contributed by atoms with E-state index in [0.717, 1.165) is 6.26 Å². The van der Waals surface area contributed by atoms with E-state index in [4.69, 9.17) is 5.73 Å². The molecule has 2 rings (SSSR count). The average Bonchev–Trinajstić information content (AvgIpc) is 2.79. The molecule has 3 N–H and O–H groups in total. The largest absolute Gasteiger partial charge is 0.396 e. The number of nitrogens with two attached hydrogens (primary N) is 1. The van der Waals surface area contributed by atoms with E-state index in [2.05, 4.69) is 20.0 Å². The summed E-state index contributed by atoms with van der Waals surface area (Å²) in [5.74, 6) is 0.458. The lowest BCUT2D eigenvalue weighted by Crippen LogP contribution is -2.08. The second-order valence-corrected chi connectivity index (χ2v) is 5.67. The van der Waals surface area contributed by atoms with Crippen LogP contribution in [0.2, 0.25) is 0 Å². The summed E-state index contributed by atoms with van der Waals surface area (Å²) in [6.45, 7) is 0.300. The van der Waals surface area contributed by atoms with Gasteiger partial charge >= 0.3 is 0 Å². The highest BCUT2D eigenvalue weighted by molar-refractivity contribution is 7.90. The van der Waals surface area contributed by atoms with Crippen LogP contribution in [-0.2, 0) is 16.4 Å². The molecule has 0 aliphatic heterocycles. The van der Waals surface area contributed by atoms with Gasteiger partial charge in [-0.15, -0.1) is 0 Å². The number of nitrogen functional groups attached to an aromatic ring is 1. The summed E-state index contributed by atoms with van der Waals surface area (Å²) in [5.41, 5.74) is 6.50. The van der Waals surface area contributed by atoms with Crippen LogP contribution in [0.25, 0.3) is 0 Å². The maximum Gasteiger partial charge on any atom is 0.213 e. The van der Waals surface area contributed by atoms with Crippen LogP contribution in [0, 0.1) is 0 Å². The molecule has 18 heavy (non-hydrogen) atoms. The number of nitrogens with one attached hydrogen (secondary N) is 1. The summed E-state index contributed by atoms with van der Waals surface area (Å²) >= 11 is 0. The highest BCUT2D eigenvalue weighted by atomic mass is 32.2. The lowest BCUT2D eigenvalue weighted by atomic mass is 10.2. The van der Waals surface area contributed by atoms with Crippen LogP contribution in [0.3, 0.4) is 0 Å². The Bertz CT molecular complexity index is 637. The number of rotatable bonds is 4. The number of aromatic nitrogens is 2. The van der Waals surface area contributed by atoms with Crippen LogP contribution < -0.4 is 11.1 Å². The van der Waals surface area contributed by atoms with Crippen molar-refractivity contribution in [2.24, 2.45) is 0 Å². The van der Waals surface area contributed by atoms with Gasteiger partial charge in [-0.25, -0.2) is 8.42 Å². The predicted octanol–water partition coefficient (Wildman–Crippen LogP) is 0.667. The molecular weight excluding hydrogens is 256 g/mol. The van der Waals surface area contributed by atoms with E-state index in [1.165, 1.54) is 12.5 Å². The Kier molecular flexibility index (Phi) is 3.19. The molecule has 0 bridgehead atoms. The number of para-hydroxylation sites is 1. The first-order chi connectivity index (χ1) is 8.48. The van der Waals surface area contributed by atoms with Crippen molar-refractivity contribution in [1.29, 1.82) is 0 Å². The first-order valence-corrected chi connectivity index (χ1v) is 6.95. The van der Waals surface area contributed by atoms with Crippen LogP contribution in [0.5, 0.6) is 0 Å². The molecule has 7 nitrogen and oxygen atoms in total. The number of sulfone groups is 1. The van der Waals surface area contributed by atoms with Gasteiger partial charge in [-0.2, -0.15) is 4.98 Å². The second-order valence-electron chi connectivity index (χ2n) is 3.69. The molecule has 1 aromatic heterocycles. The summed E-state index contributed by atoms with van der Waals surface area (Å²) in [4.78, 5) is 3.93. The quantitative estimate of drug-likeness (QED) is 0.784. The van der Waals surface area contributed by atoms with Crippen LogP contribution in [0.15, 0.2) is 34.0 Å². The van der Waals surface area contributed by atoms with E-state index in [1.807, 2.05) is 0 Å². The Morgan fingerprint density at radius 2 is 2.22 bits per heavy atom.